The maximum atomic E-state index is 12.9. The van der Waals surface area contributed by atoms with Crippen LogP contribution in [0.2, 0.25) is 0 Å². The third-order valence-electron chi connectivity index (χ3n) is 7.27. The van der Waals surface area contributed by atoms with Crippen molar-refractivity contribution in [1.82, 2.24) is 15.2 Å². The van der Waals surface area contributed by atoms with Gasteiger partial charge in [0, 0.05) is 37.2 Å². The van der Waals surface area contributed by atoms with E-state index in [4.69, 9.17) is 0 Å². The Bertz CT molecular complexity index is 1340. The summed E-state index contributed by atoms with van der Waals surface area (Å²) >= 11 is 1.55. The number of hydrogen-bond acceptors (Lipinski definition) is 5. The van der Waals surface area contributed by atoms with Crippen LogP contribution in [0.5, 0.6) is 0 Å². The highest BCUT2D eigenvalue weighted by Crippen LogP contribution is 2.35. The van der Waals surface area contributed by atoms with E-state index in [1.165, 1.54) is 34.0 Å². The summed E-state index contributed by atoms with van der Waals surface area (Å²) in [6.07, 6.45) is 3.34. The number of anilines is 2. The number of thiazole rings is 1. The topological polar surface area (TPSA) is 48.5 Å². The lowest BCUT2D eigenvalue weighted by atomic mass is 9.96. The van der Waals surface area contributed by atoms with Crippen LogP contribution in [0.4, 0.5) is 10.8 Å². The Kier molecular flexibility index (Phi) is 6.23. The molecule has 5 nitrogen and oxygen atoms in total. The molecule has 6 rings (SSSR count). The van der Waals surface area contributed by atoms with Gasteiger partial charge in [-0.25, -0.2) is 4.98 Å². The first-order chi connectivity index (χ1) is 17.2. The number of hydrogen-bond donors (Lipinski definition) is 1. The zero-order chi connectivity index (χ0) is 23.6. The van der Waals surface area contributed by atoms with E-state index in [1.807, 2.05) is 5.38 Å². The van der Waals surface area contributed by atoms with Crippen molar-refractivity contribution in [2.24, 2.45) is 5.92 Å². The molecule has 0 bridgehead atoms. The smallest absolute Gasteiger partial charge is 0.270 e. The third-order valence-corrected chi connectivity index (χ3v) is 8.13. The molecule has 1 fully saturated rings. The number of piperidine rings is 1. The molecule has 0 aliphatic carbocycles. The minimum Gasteiger partial charge on any atom is -0.350 e. The number of aromatic nitrogens is 1. The van der Waals surface area contributed by atoms with E-state index in [-0.39, 0.29) is 5.91 Å². The Labute approximate surface area is 210 Å². The highest BCUT2D eigenvalue weighted by molar-refractivity contribution is 7.14. The number of fused-ring (bicyclic) bond motifs is 2. The number of carbonyl (C=O) groups excluding carboxylic acids is 1. The molecule has 1 atom stereocenters. The van der Waals surface area contributed by atoms with Crippen LogP contribution in [0.1, 0.15) is 34.5 Å². The highest BCUT2D eigenvalue weighted by atomic mass is 32.1. The number of amides is 1. The predicted octanol–water partition coefficient (Wildman–Crippen LogP) is 5.63. The normalized spacial score (nSPS) is 18.1. The second kappa shape index (κ2) is 9.80. The molecule has 1 aromatic heterocycles. The molecule has 1 amide bonds. The first-order valence-electron chi connectivity index (χ1n) is 12.5. The van der Waals surface area contributed by atoms with Crippen LogP contribution in [-0.4, -0.2) is 42.0 Å². The lowest BCUT2D eigenvalue weighted by Gasteiger charge is -2.33. The Balaban J connectivity index is 1.06. The Morgan fingerprint density at radius 1 is 1.03 bits per heavy atom. The molecule has 4 aromatic rings. The highest BCUT2D eigenvalue weighted by Gasteiger charge is 2.24. The van der Waals surface area contributed by atoms with Gasteiger partial charge in [0.05, 0.1) is 0 Å². The van der Waals surface area contributed by atoms with Crippen molar-refractivity contribution in [3.8, 4) is 0 Å². The zero-order valence-corrected chi connectivity index (χ0v) is 20.6. The molecule has 0 radical (unpaired) electrons. The predicted molar refractivity (Wildman–Crippen MR) is 144 cm³/mol. The Hall–Kier alpha value is -3.22. The summed E-state index contributed by atoms with van der Waals surface area (Å²) in [5.74, 6) is 0.400. The number of carbonyl (C=O) groups is 1. The molecular formula is C29H30N4OS. The van der Waals surface area contributed by atoms with E-state index < -0.39 is 0 Å². The minimum absolute atomic E-state index is 0.0637. The molecule has 2 aliphatic rings. The summed E-state index contributed by atoms with van der Waals surface area (Å²) in [4.78, 5) is 22.3. The van der Waals surface area contributed by atoms with E-state index in [0.29, 0.717) is 18.2 Å². The van der Waals surface area contributed by atoms with Gasteiger partial charge in [0.2, 0.25) is 0 Å². The molecule has 3 heterocycles. The summed E-state index contributed by atoms with van der Waals surface area (Å²) in [6, 6.07) is 23.6. The van der Waals surface area contributed by atoms with Crippen molar-refractivity contribution in [3.63, 3.8) is 0 Å². The molecule has 0 unspecified atom stereocenters. The van der Waals surface area contributed by atoms with E-state index in [2.05, 4.69) is 86.8 Å². The maximum absolute atomic E-state index is 12.9. The second-order valence-corrected chi connectivity index (χ2v) is 10.5. The van der Waals surface area contributed by atoms with Crippen molar-refractivity contribution in [2.75, 3.05) is 31.1 Å². The number of rotatable bonds is 6. The van der Waals surface area contributed by atoms with Crippen LogP contribution >= 0.6 is 11.3 Å². The van der Waals surface area contributed by atoms with Crippen molar-refractivity contribution in [3.05, 3.63) is 88.9 Å². The largest absolute Gasteiger partial charge is 0.350 e. The van der Waals surface area contributed by atoms with Crippen molar-refractivity contribution < 1.29 is 4.79 Å². The summed E-state index contributed by atoms with van der Waals surface area (Å²) in [6.45, 7) is 4.70. The number of nitrogens with one attached hydrogen (secondary N) is 1. The lowest BCUT2D eigenvalue weighted by Crippen LogP contribution is -2.40. The fraction of sp³-hybridized carbons (Fsp3) is 0.310. The van der Waals surface area contributed by atoms with E-state index in [1.54, 1.807) is 11.3 Å². The molecule has 0 saturated carbocycles. The molecule has 6 heteroatoms. The van der Waals surface area contributed by atoms with E-state index >= 15 is 0 Å². The first kappa shape index (κ1) is 22.3. The van der Waals surface area contributed by atoms with Gasteiger partial charge in [-0.2, -0.15) is 0 Å². The zero-order valence-electron chi connectivity index (χ0n) is 19.8. The fourth-order valence-electron chi connectivity index (χ4n) is 5.49. The standard InChI is InChI=1S/C29H30N4OS/c34-28(26-20-35-29(31-26)33-16-14-23-9-2-4-13-27(23)33)30-17-21-7-6-15-32(18-21)19-24-11-5-10-22-8-1-3-12-25(22)24/h1-5,8-13,20-21H,6-7,14-19H2,(H,30,34)/t21-/m0/s1. The van der Waals surface area contributed by atoms with E-state index in [0.717, 1.165) is 44.2 Å². The minimum atomic E-state index is -0.0637. The van der Waals surface area contributed by atoms with Gasteiger partial charge in [-0.3, -0.25) is 9.69 Å². The summed E-state index contributed by atoms with van der Waals surface area (Å²) in [5, 5.41) is 8.59. The van der Waals surface area contributed by atoms with Crippen molar-refractivity contribution >= 4 is 38.8 Å². The Morgan fingerprint density at radius 3 is 2.86 bits per heavy atom. The van der Waals surface area contributed by atoms with Gasteiger partial charge in [0.1, 0.15) is 5.69 Å². The molecular weight excluding hydrogens is 452 g/mol. The van der Waals surface area contributed by atoms with Gasteiger partial charge < -0.3 is 10.2 Å². The van der Waals surface area contributed by atoms with Crippen molar-refractivity contribution in [2.45, 2.75) is 25.8 Å². The molecule has 1 N–H and O–H groups in total. The third kappa shape index (κ3) is 4.68. The number of para-hydroxylation sites is 1. The second-order valence-electron chi connectivity index (χ2n) is 9.64. The number of nitrogens with zero attached hydrogens (tertiary/aromatic N) is 3. The maximum Gasteiger partial charge on any atom is 0.270 e. The molecule has 3 aromatic carbocycles. The summed E-state index contributed by atoms with van der Waals surface area (Å²) < 4.78 is 0. The van der Waals surface area contributed by atoms with Crippen LogP contribution in [0, 0.1) is 5.92 Å². The molecule has 35 heavy (non-hydrogen) atoms. The van der Waals surface area contributed by atoms with Gasteiger partial charge in [0.25, 0.3) is 5.91 Å². The monoisotopic (exact) mass is 482 g/mol. The van der Waals surface area contributed by atoms with Gasteiger partial charge >= 0.3 is 0 Å². The quantitative estimate of drug-likeness (QED) is 0.387. The van der Waals surface area contributed by atoms with Gasteiger partial charge in [-0.1, -0.05) is 60.7 Å². The summed E-state index contributed by atoms with van der Waals surface area (Å²) in [7, 11) is 0. The van der Waals surface area contributed by atoms with Crippen molar-refractivity contribution in [1.29, 1.82) is 0 Å². The molecule has 0 spiro atoms. The Morgan fingerprint density at radius 2 is 1.89 bits per heavy atom. The van der Waals surface area contributed by atoms with Gasteiger partial charge in [-0.15, -0.1) is 11.3 Å². The fourth-order valence-corrected chi connectivity index (χ4v) is 6.33. The van der Waals surface area contributed by atoms with Gasteiger partial charge in [-0.05, 0) is 59.7 Å². The number of likely N-dealkylation sites (tertiary alicyclic amines) is 1. The first-order valence-corrected chi connectivity index (χ1v) is 13.4. The van der Waals surface area contributed by atoms with Crippen LogP contribution in [-0.2, 0) is 13.0 Å². The molecule has 1 saturated heterocycles. The number of benzene rings is 3. The average molecular weight is 483 g/mol. The SMILES string of the molecule is O=C(NC[C@@H]1CCCN(Cc2cccc3ccccc23)C1)c1csc(N2CCc3ccccc32)n1. The van der Waals surface area contributed by atoms with Gasteiger partial charge in [0.15, 0.2) is 5.13 Å². The van der Waals surface area contributed by atoms with Crippen LogP contribution in [0.3, 0.4) is 0 Å². The van der Waals surface area contributed by atoms with Crippen LogP contribution < -0.4 is 10.2 Å². The van der Waals surface area contributed by atoms with E-state index in [9.17, 15) is 4.79 Å². The molecule has 178 valence electrons. The van der Waals surface area contributed by atoms with Crippen LogP contribution in [0.15, 0.2) is 72.1 Å². The molecule has 2 aliphatic heterocycles. The average Bonchev–Trinajstić information content (AvgIpc) is 3.55. The lowest BCUT2D eigenvalue weighted by molar-refractivity contribution is 0.0926. The van der Waals surface area contributed by atoms with Crippen LogP contribution in [0.25, 0.3) is 10.8 Å². The summed E-state index contributed by atoms with van der Waals surface area (Å²) in [5.41, 5.74) is 4.46.